The number of carbonyl (C=O) groups is 1. The predicted molar refractivity (Wildman–Crippen MR) is 115 cm³/mol. The van der Waals surface area contributed by atoms with E-state index in [-0.39, 0.29) is 5.91 Å². The van der Waals surface area contributed by atoms with Gasteiger partial charge in [-0.2, -0.15) is 0 Å². The van der Waals surface area contributed by atoms with Gasteiger partial charge < -0.3 is 10.1 Å². The van der Waals surface area contributed by atoms with E-state index < -0.39 is 0 Å². The van der Waals surface area contributed by atoms with Crippen LogP contribution in [0.4, 0.5) is 0 Å². The first-order valence-corrected chi connectivity index (χ1v) is 10.7. The molecule has 2 heterocycles. The van der Waals surface area contributed by atoms with Crippen LogP contribution < -0.4 is 5.32 Å². The van der Waals surface area contributed by atoms with Gasteiger partial charge in [0.1, 0.15) is 0 Å². The Morgan fingerprint density at radius 3 is 1.90 bits per heavy atom. The third kappa shape index (κ3) is 5.89. The SMILES string of the molecule is O=C(NCc1ccc(CN2CCOCC2)cc1)c1ccc(CN2CCCC2)cc1. The van der Waals surface area contributed by atoms with Crippen molar-refractivity contribution in [2.24, 2.45) is 0 Å². The minimum Gasteiger partial charge on any atom is -0.379 e. The number of carbonyl (C=O) groups excluding carboxylic acids is 1. The second kappa shape index (κ2) is 10.0. The lowest BCUT2D eigenvalue weighted by Crippen LogP contribution is -2.35. The van der Waals surface area contributed by atoms with Gasteiger partial charge in [0.05, 0.1) is 13.2 Å². The number of nitrogens with zero attached hydrogens (tertiary/aromatic N) is 2. The third-order valence-electron chi connectivity index (χ3n) is 5.81. The molecular formula is C24H31N3O2. The lowest BCUT2D eigenvalue weighted by Gasteiger charge is -2.26. The molecule has 2 aliphatic rings. The number of nitrogens with one attached hydrogen (secondary N) is 1. The standard InChI is InChI=1S/C24H31N3O2/c28-24(23-9-7-22(8-10-23)18-26-11-1-2-12-26)25-17-20-3-5-21(6-4-20)19-27-13-15-29-16-14-27/h3-10H,1-2,11-19H2,(H,25,28). The topological polar surface area (TPSA) is 44.8 Å². The molecule has 0 atom stereocenters. The van der Waals surface area contributed by atoms with Gasteiger partial charge in [0, 0.05) is 38.3 Å². The second-order valence-electron chi connectivity index (χ2n) is 8.07. The van der Waals surface area contributed by atoms with Gasteiger partial charge in [-0.25, -0.2) is 0 Å². The average Bonchev–Trinajstić information content (AvgIpc) is 3.27. The Balaban J connectivity index is 1.24. The monoisotopic (exact) mass is 393 g/mol. The molecule has 2 fully saturated rings. The Bertz CT molecular complexity index is 777. The lowest BCUT2D eigenvalue weighted by molar-refractivity contribution is 0.0342. The number of amides is 1. The summed E-state index contributed by atoms with van der Waals surface area (Å²) in [6.45, 7) is 8.50. The number of ether oxygens (including phenoxy) is 1. The maximum atomic E-state index is 12.5. The summed E-state index contributed by atoms with van der Waals surface area (Å²) in [5.74, 6) is -0.0184. The summed E-state index contributed by atoms with van der Waals surface area (Å²) < 4.78 is 5.40. The summed E-state index contributed by atoms with van der Waals surface area (Å²) in [7, 11) is 0. The number of rotatable bonds is 7. The summed E-state index contributed by atoms with van der Waals surface area (Å²) in [5.41, 5.74) is 4.42. The summed E-state index contributed by atoms with van der Waals surface area (Å²) in [5, 5.41) is 3.03. The van der Waals surface area contributed by atoms with Crippen molar-refractivity contribution in [1.29, 1.82) is 0 Å². The van der Waals surface area contributed by atoms with Gasteiger partial charge in [-0.3, -0.25) is 14.6 Å². The molecule has 0 radical (unpaired) electrons. The van der Waals surface area contributed by atoms with E-state index in [1.165, 1.54) is 37.1 Å². The molecule has 5 nitrogen and oxygen atoms in total. The minimum atomic E-state index is -0.0184. The Labute approximate surface area is 173 Å². The van der Waals surface area contributed by atoms with Gasteiger partial charge >= 0.3 is 0 Å². The van der Waals surface area contributed by atoms with Crippen LogP contribution in [-0.2, 0) is 24.4 Å². The number of morpholine rings is 1. The van der Waals surface area contributed by atoms with Crippen molar-refractivity contribution < 1.29 is 9.53 Å². The van der Waals surface area contributed by atoms with Crippen molar-refractivity contribution in [2.45, 2.75) is 32.5 Å². The first-order chi connectivity index (χ1) is 14.3. The second-order valence-corrected chi connectivity index (χ2v) is 8.07. The number of hydrogen-bond donors (Lipinski definition) is 1. The first-order valence-electron chi connectivity index (χ1n) is 10.7. The predicted octanol–water partition coefficient (Wildman–Crippen LogP) is 3.04. The van der Waals surface area contributed by atoms with E-state index in [1.54, 1.807) is 0 Å². The highest BCUT2D eigenvalue weighted by atomic mass is 16.5. The van der Waals surface area contributed by atoms with E-state index in [0.29, 0.717) is 6.54 Å². The molecule has 0 saturated carbocycles. The largest absolute Gasteiger partial charge is 0.379 e. The summed E-state index contributed by atoms with van der Waals surface area (Å²) in [4.78, 5) is 17.3. The van der Waals surface area contributed by atoms with E-state index in [9.17, 15) is 4.79 Å². The summed E-state index contributed by atoms with van der Waals surface area (Å²) in [6.07, 6.45) is 2.60. The van der Waals surface area contributed by atoms with Gasteiger partial charge in [0.15, 0.2) is 0 Å². The average molecular weight is 394 g/mol. The van der Waals surface area contributed by atoms with E-state index in [2.05, 4.69) is 51.5 Å². The zero-order chi connectivity index (χ0) is 19.9. The highest BCUT2D eigenvalue weighted by molar-refractivity contribution is 5.94. The van der Waals surface area contributed by atoms with Gasteiger partial charge in [-0.15, -0.1) is 0 Å². The molecule has 1 amide bonds. The quantitative estimate of drug-likeness (QED) is 0.785. The minimum absolute atomic E-state index is 0.0184. The fraction of sp³-hybridized carbons (Fsp3) is 0.458. The molecule has 2 saturated heterocycles. The molecule has 0 aliphatic carbocycles. The van der Waals surface area contributed by atoms with Crippen molar-refractivity contribution in [3.63, 3.8) is 0 Å². The van der Waals surface area contributed by atoms with Gasteiger partial charge in [-0.05, 0) is 54.8 Å². The third-order valence-corrected chi connectivity index (χ3v) is 5.81. The molecule has 154 valence electrons. The summed E-state index contributed by atoms with van der Waals surface area (Å²) in [6, 6.07) is 16.6. The lowest BCUT2D eigenvalue weighted by atomic mass is 10.1. The molecule has 0 aromatic heterocycles. The van der Waals surface area contributed by atoms with Crippen molar-refractivity contribution in [3.8, 4) is 0 Å². The Morgan fingerprint density at radius 2 is 1.28 bits per heavy atom. The zero-order valence-electron chi connectivity index (χ0n) is 17.1. The maximum Gasteiger partial charge on any atom is 0.251 e. The smallest absolute Gasteiger partial charge is 0.251 e. The molecule has 1 N–H and O–H groups in total. The Morgan fingerprint density at radius 1 is 0.759 bits per heavy atom. The fourth-order valence-electron chi connectivity index (χ4n) is 4.02. The summed E-state index contributed by atoms with van der Waals surface area (Å²) >= 11 is 0. The fourth-order valence-corrected chi connectivity index (χ4v) is 4.02. The highest BCUT2D eigenvalue weighted by Gasteiger charge is 2.13. The molecule has 2 aliphatic heterocycles. The van der Waals surface area contributed by atoms with Crippen LogP contribution in [0.25, 0.3) is 0 Å². The van der Waals surface area contributed by atoms with Crippen LogP contribution in [0.3, 0.4) is 0 Å². The van der Waals surface area contributed by atoms with E-state index >= 15 is 0 Å². The zero-order valence-corrected chi connectivity index (χ0v) is 17.1. The molecule has 4 rings (SSSR count). The molecule has 0 bridgehead atoms. The Hall–Kier alpha value is -2.21. The molecule has 2 aromatic carbocycles. The van der Waals surface area contributed by atoms with Gasteiger partial charge in [0.25, 0.3) is 5.91 Å². The molecule has 2 aromatic rings. The van der Waals surface area contributed by atoms with E-state index in [0.717, 1.165) is 50.5 Å². The van der Waals surface area contributed by atoms with Gasteiger partial charge in [0.2, 0.25) is 0 Å². The van der Waals surface area contributed by atoms with Crippen LogP contribution in [0.5, 0.6) is 0 Å². The molecule has 29 heavy (non-hydrogen) atoms. The Kier molecular flexibility index (Phi) is 6.93. The van der Waals surface area contributed by atoms with E-state index in [4.69, 9.17) is 4.74 Å². The number of benzene rings is 2. The van der Waals surface area contributed by atoms with Crippen molar-refractivity contribution in [1.82, 2.24) is 15.1 Å². The normalized spacial score (nSPS) is 18.1. The molecule has 0 unspecified atom stereocenters. The van der Waals surface area contributed by atoms with Crippen molar-refractivity contribution in [2.75, 3.05) is 39.4 Å². The highest BCUT2D eigenvalue weighted by Crippen LogP contribution is 2.14. The number of hydrogen-bond acceptors (Lipinski definition) is 4. The molecular weight excluding hydrogens is 362 g/mol. The van der Waals surface area contributed by atoms with Crippen molar-refractivity contribution >= 4 is 5.91 Å². The van der Waals surface area contributed by atoms with Gasteiger partial charge in [-0.1, -0.05) is 36.4 Å². The first kappa shape index (κ1) is 20.1. The molecule has 5 heteroatoms. The van der Waals surface area contributed by atoms with Crippen LogP contribution in [0.2, 0.25) is 0 Å². The van der Waals surface area contributed by atoms with Crippen LogP contribution >= 0.6 is 0 Å². The number of likely N-dealkylation sites (tertiary alicyclic amines) is 1. The van der Waals surface area contributed by atoms with Crippen LogP contribution in [0.1, 0.15) is 39.9 Å². The van der Waals surface area contributed by atoms with Crippen molar-refractivity contribution in [3.05, 3.63) is 70.8 Å². The van der Waals surface area contributed by atoms with Crippen LogP contribution in [-0.4, -0.2) is 55.1 Å². The van der Waals surface area contributed by atoms with Crippen LogP contribution in [0, 0.1) is 0 Å². The maximum absolute atomic E-state index is 12.5. The van der Waals surface area contributed by atoms with Crippen LogP contribution in [0.15, 0.2) is 48.5 Å². The van der Waals surface area contributed by atoms with E-state index in [1.807, 2.05) is 12.1 Å². The molecule has 0 spiro atoms.